The number of amides is 1. The van der Waals surface area contributed by atoms with Crippen molar-refractivity contribution in [2.45, 2.75) is 77.4 Å². The fourth-order valence-corrected chi connectivity index (χ4v) is 4.18. The molecule has 2 unspecified atom stereocenters. The predicted molar refractivity (Wildman–Crippen MR) is 134 cm³/mol. The van der Waals surface area contributed by atoms with Gasteiger partial charge in [0.2, 0.25) is 0 Å². The number of morpholine rings is 1. The van der Waals surface area contributed by atoms with Crippen LogP contribution in [0.4, 0.5) is 0 Å². The number of hydrogen-bond acceptors (Lipinski definition) is 4. The van der Waals surface area contributed by atoms with E-state index in [-0.39, 0.29) is 48.2 Å². The molecule has 1 saturated carbocycles. The second-order valence-electron chi connectivity index (χ2n) is 8.51. The first kappa shape index (κ1) is 25.9. The minimum absolute atomic E-state index is 0. The molecule has 1 aromatic rings. The molecular weight excluding hydrogens is 507 g/mol. The fourth-order valence-electron chi connectivity index (χ4n) is 4.18. The lowest BCUT2D eigenvalue weighted by Crippen LogP contribution is -2.48. The maximum Gasteiger partial charge on any atom is 0.254 e. The lowest BCUT2D eigenvalue weighted by molar-refractivity contribution is -0.0586. The highest BCUT2D eigenvalue weighted by Crippen LogP contribution is 2.18. The maximum absolute atomic E-state index is 12.8. The van der Waals surface area contributed by atoms with Gasteiger partial charge in [-0.3, -0.25) is 4.79 Å². The van der Waals surface area contributed by atoms with Crippen LogP contribution >= 0.6 is 24.0 Å². The molecule has 7 nitrogen and oxygen atoms in total. The largest absolute Gasteiger partial charge is 0.393 e. The summed E-state index contributed by atoms with van der Waals surface area (Å²) in [5, 5.41) is 16.5. The zero-order chi connectivity index (χ0) is 21.5. The third-order valence-electron chi connectivity index (χ3n) is 5.71. The zero-order valence-corrected chi connectivity index (χ0v) is 21.2. The van der Waals surface area contributed by atoms with Crippen LogP contribution in [0, 0.1) is 0 Å². The summed E-state index contributed by atoms with van der Waals surface area (Å²) < 4.78 is 5.72. The minimum atomic E-state index is -0.160. The van der Waals surface area contributed by atoms with Crippen LogP contribution in [0.1, 0.15) is 62.4 Å². The summed E-state index contributed by atoms with van der Waals surface area (Å²) in [5.41, 5.74) is 1.77. The number of guanidine groups is 1. The first-order valence-corrected chi connectivity index (χ1v) is 11.2. The van der Waals surface area contributed by atoms with E-state index in [0.717, 1.165) is 43.8 Å². The smallest absolute Gasteiger partial charge is 0.254 e. The van der Waals surface area contributed by atoms with Gasteiger partial charge in [0.25, 0.3) is 5.91 Å². The minimum Gasteiger partial charge on any atom is -0.393 e. The van der Waals surface area contributed by atoms with Crippen LogP contribution in [-0.2, 0) is 11.3 Å². The second-order valence-corrected chi connectivity index (χ2v) is 8.51. The van der Waals surface area contributed by atoms with Crippen molar-refractivity contribution in [1.29, 1.82) is 0 Å². The molecule has 1 aliphatic carbocycles. The van der Waals surface area contributed by atoms with E-state index in [4.69, 9.17) is 9.73 Å². The number of carbonyl (C=O) groups is 1. The molecule has 0 radical (unpaired) electrons. The second kappa shape index (κ2) is 12.6. The summed E-state index contributed by atoms with van der Waals surface area (Å²) in [6.45, 7) is 8.66. The summed E-state index contributed by atoms with van der Waals surface area (Å²) >= 11 is 0. The molecule has 3 rings (SSSR count). The van der Waals surface area contributed by atoms with Gasteiger partial charge in [0, 0.05) is 31.2 Å². The molecule has 1 amide bonds. The molecule has 31 heavy (non-hydrogen) atoms. The van der Waals surface area contributed by atoms with Gasteiger partial charge < -0.3 is 25.4 Å². The molecule has 2 aliphatic rings. The number of carbonyl (C=O) groups excluding carboxylic acids is 1. The van der Waals surface area contributed by atoms with Crippen molar-refractivity contribution in [3.63, 3.8) is 0 Å². The first-order chi connectivity index (χ1) is 14.4. The highest BCUT2D eigenvalue weighted by Gasteiger charge is 2.26. The molecule has 1 aromatic carbocycles. The molecule has 3 N–H and O–H groups in total. The molecule has 1 aliphatic heterocycles. The van der Waals surface area contributed by atoms with Gasteiger partial charge in [-0.1, -0.05) is 12.1 Å². The molecule has 1 saturated heterocycles. The van der Waals surface area contributed by atoms with E-state index in [1.165, 1.54) is 0 Å². The van der Waals surface area contributed by atoms with Gasteiger partial charge in [-0.25, -0.2) is 4.99 Å². The zero-order valence-electron chi connectivity index (χ0n) is 18.8. The summed E-state index contributed by atoms with van der Waals surface area (Å²) in [7, 11) is 0. The van der Waals surface area contributed by atoms with E-state index in [9.17, 15) is 9.90 Å². The van der Waals surface area contributed by atoms with Crippen molar-refractivity contribution in [3.05, 3.63) is 35.4 Å². The van der Waals surface area contributed by atoms with Crippen LogP contribution in [0.3, 0.4) is 0 Å². The first-order valence-electron chi connectivity index (χ1n) is 11.2. The predicted octanol–water partition coefficient (Wildman–Crippen LogP) is 2.91. The van der Waals surface area contributed by atoms with Gasteiger partial charge in [0.15, 0.2) is 5.96 Å². The van der Waals surface area contributed by atoms with Gasteiger partial charge in [0.1, 0.15) is 0 Å². The highest BCUT2D eigenvalue weighted by atomic mass is 127. The summed E-state index contributed by atoms with van der Waals surface area (Å²) in [5.74, 6) is 0.858. The summed E-state index contributed by atoms with van der Waals surface area (Å²) in [6.07, 6.45) is 3.57. The van der Waals surface area contributed by atoms with Gasteiger partial charge in [-0.05, 0) is 64.2 Å². The third-order valence-corrected chi connectivity index (χ3v) is 5.71. The van der Waals surface area contributed by atoms with Crippen molar-refractivity contribution in [2.24, 2.45) is 4.99 Å². The molecule has 2 atom stereocenters. The van der Waals surface area contributed by atoms with Crippen LogP contribution in [0.2, 0.25) is 0 Å². The van der Waals surface area contributed by atoms with E-state index < -0.39 is 0 Å². The Morgan fingerprint density at radius 3 is 2.32 bits per heavy atom. The van der Waals surface area contributed by atoms with Crippen LogP contribution in [-0.4, -0.2) is 65.9 Å². The van der Waals surface area contributed by atoms with Crippen molar-refractivity contribution in [2.75, 3.05) is 19.6 Å². The van der Waals surface area contributed by atoms with E-state index in [1.807, 2.05) is 43.0 Å². The average Bonchev–Trinajstić information content (AvgIpc) is 2.73. The number of hydrogen-bond donors (Lipinski definition) is 3. The molecule has 0 aromatic heterocycles. The third kappa shape index (κ3) is 7.91. The standard InChI is InChI=1S/C23H36N4O3.HI/c1-4-24-23(26-20-9-11-21(28)12-10-20)25-13-18-5-7-19(8-6-18)22(29)27-14-16(2)30-17(3)15-27;/h5-8,16-17,20-21,28H,4,9-15H2,1-3H3,(H2,24,25,26);1H. The molecule has 174 valence electrons. The molecular formula is C23H37IN4O3. The maximum atomic E-state index is 12.8. The number of halogens is 1. The molecule has 0 spiro atoms. The number of aliphatic imine (C=N–C) groups is 1. The Morgan fingerprint density at radius 1 is 1.13 bits per heavy atom. The van der Waals surface area contributed by atoms with Gasteiger partial charge >= 0.3 is 0 Å². The van der Waals surface area contributed by atoms with E-state index >= 15 is 0 Å². The molecule has 1 heterocycles. The van der Waals surface area contributed by atoms with E-state index in [2.05, 4.69) is 17.6 Å². The number of aliphatic hydroxyl groups excluding tert-OH is 1. The monoisotopic (exact) mass is 544 g/mol. The van der Waals surface area contributed by atoms with Gasteiger partial charge in [0.05, 0.1) is 24.9 Å². The Kier molecular flexibility index (Phi) is 10.5. The van der Waals surface area contributed by atoms with Crippen LogP contribution < -0.4 is 10.6 Å². The normalized spacial score (nSPS) is 26.7. The van der Waals surface area contributed by atoms with Gasteiger partial charge in [-0.15, -0.1) is 24.0 Å². The Hall–Kier alpha value is -1.39. The SMILES string of the molecule is CCNC(=NCc1ccc(C(=O)N2CC(C)OC(C)C2)cc1)NC1CCC(O)CC1.I. The van der Waals surface area contributed by atoms with Gasteiger partial charge in [-0.2, -0.15) is 0 Å². The quantitative estimate of drug-likeness (QED) is 0.302. The average molecular weight is 544 g/mol. The van der Waals surface area contributed by atoms with Crippen molar-refractivity contribution >= 4 is 35.8 Å². The van der Waals surface area contributed by atoms with Crippen LogP contribution in [0.5, 0.6) is 0 Å². The van der Waals surface area contributed by atoms with E-state index in [0.29, 0.717) is 31.2 Å². The number of rotatable bonds is 5. The number of nitrogens with zero attached hydrogens (tertiary/aromatic N) is 2. The molecule has 0 bridgehead atoms. The fraction of sp³-hybridized carbons (Fsp3) is 0.652. The van der Waals surface area contributed by atoms with E-state index in [1.54, 1.807) is 0 Å². The number of aliphatic hydroxyl groups is 1. The van der Waals surface area contributed by atoms with Crippen molar-refractivity contribution in [3.8, 4) is 0 Å². The Labute approximate surface area is 203 Å². The summed E-state index contributed by atoms with van der Waals surface area (Å²) in [6, 6.07) is 8.08. The number of benzene rings is 1. The summed E-state index contributed by atoms with van der Waals surface area (Å²) in [4.78, 5) is 19.4. The lowest BCUT2D eigenvalue weighted by atomic mass is 9.93. The Morgan fingerprint density at radius 2 is 1.74 bits per heavy atom. The number of ether oxygens (including phenoxy) is 1. The highest BCUT2D eigenvalue weighted by molar-refractivity contribution is 14.0. The Balaban J connectivity index is 0.00000341. The van der Waals surface area contributed by atoms with Crippen molar-refractivity contribution < 1.29 is 14.6 Å². The molecule has 2 fully saturated rings. The van der Waals surface area contributed by atoms with Crippen LogP contribution in [0.25, 0.3) is 0 Å². The Bertz CT molecular complexity index is 710. The van der Waals surface area contributed by atoms with Crippen molar-refractivity contribution in [1.82, 2.24) is 15.5 Å². The van der Waals surface area contributed by atoms with Crippen LogP contribution in [0.15, 0.2) is 29.3 Å². The topological polar surface area (TPSA) is 86.2 Å². The molecule has 8 heteroatoms. The number of nitrogens with one attached hydrogen (secondary N) is 2. The lowest BCUT2D eigenvalue weighted by Gasteiger charge is -2.35.